The van der Waals surface area contributed by atoms with Gasteiger partial charge in [0.1, 0.15) is 0 Å². The van der Waals surface area contributed by atoms with Gasteiger partial charge in [0.25, 0.3) is 0 Å². The SMILES string of the molecule is CC(C)C(C)C(=O)NC1CCNCC1. The van der Waals surface area contributed by atoms with Gasteiger partial charge in [-0.25, -0.2) is 0 Å². The third-order valence-electron chi connectivity index (χ3n) is 3.10. The summed E-state index contributed by atoms with van der Waals surface area (Å²) in [5, 5.41) is 6.41. The fourth-order valence-electron chi connectivity index (χ4n) is 1.60. The first-order valence-electron chi connectivity index (χ1n) is 5.62. The first-order valence-corrected chi connectivity index (χ1v) is 5.62. The molecule has 0 aliphatic carbocycles. The molecule has 1 aliphatic rings. The third-order valence-corrected chi connectivity index (χ3v) is 3.10. The molecule has 1 saturated heterocycles. The molecule has 1 rings (SSSR count). The minimum Gasteiger partial charge on any atom is -0.353 e. The largest absolute Gasteiger partial charge is 0.353 e. The lowest BCUT2D eigenvalue weighted by Gasteiger charge is -2.26. The zero-order valence-electron chi connectivity index (χ0n) is 9.47. The van der Waals surface area contributed by atoms with Gasteiger partial charge >= 0.3 is 0 Å². The molecule has 1 atom stereocenters. The second-order valence-corrected chi connectivity index (χ2v) is 4.57. The topological polar surface area (TPSA) is 41.1 Å². The summed E-state index contributed by atoms with van der Waals surface area (Å²) >= 11 is 0. The van der Waals surface area contributed by atoms with Gasteiger partial charge in [-0.05, 0) is 31.8 Å². The van der Waals surface area contributed by atoms with Crippen LogP contribution in [0.1, 0.15) is 33.6 Å². The highest BCUT2D eigenvalue weighted by molar-refractivity contribution is 5.78. The van der Waals surface area contributed by atoms with Crippen molar-refractivity contribution < 1.29 is 4.79 Å². The second kappa shape index (κ2) is 5.35. The van der Waals surface area contributed by atoms with Crippen LogP contribution >= 0.6 is 0 Å². The molecule has 1 unspecified atom stereocenters. The Morgan fingerprint density at radius 3 is 2.36 bits per heavy atom. The minimum absolute atomic E-state index is 0.130. The molecule has 0 spiro atoms. The Morgan fingerprint density at radius 1 is 1.29 bits per heavy atom. The first-order chi connectivity index (χ1) is 6.61. The number of piperidine rings is 1. The van der Waals surface area contributed by atoms with Gasteiger partial charge in [0.2, 0.25) is 5.91 Å². The van der Waals surface area contributed by atoms with Crippen LogP contribution in [0.15, 0.2) is 0 Å². The summed E-state index contributed by atoms with van der Waals surface area (Å²) in [4.78, 5) is 11.7. The molecule has 0 radical (unpaired) electrons. The molecule has 1 amide bonds. The Morgan fingerprint density at radius 2 is 1.86 bits per heavy atom. The zero-order chi connectivity index (χ0) is 10.6. The van der Waals surface area contributed by atoms with Crippen LogP contribution in [0.3, 0.4) is 0 Å². The van der Waals surface area contributed by atoms with Gasteiger partial charge in [0.05, 0.1) is 0 Å². The number of carbonyl (C=O) groups excluding carboxylic acids is 1. The van der Waals surface area contributed by atoms with Crippen LogP contribution in [-0.2, 0) is 4.79 Å². The van der Waals surface area contributed by atoms with Gasteiger partial charge in [-0.1, -0.05) is 20.8 Å². The van der Waals surface area contributed by atoms with Crippen molar-refractivity contribution in [3.8, 4) is 0 Å². The van der Waals surface area contributed by atoms with E-state index in [0.717, 1.165) is 25.9 Å². The highest BCUT2D eigenvalue weighted by Crippen LogP contribution is 2.11. The van der Waals surface area contributed by atoms with Crippen LogP contribution < -0.4 is 10.6 Å². The average Bonchev–Trinajstić information content (AvgIpc) is 2.18. The van der Waals surface area contributed by atoms with E-state index in [9.17, 15) is 4.79 Å². The Bertz CT molecular complexity index is 186. The van der Waals surface area contributed by atoms with E-state index in [4.69, 9.17) is 0 Å². The van der Waals surface area contributed by atoms with Crippen molar-refractivity contribution in [1.82, 2.24) is 10.6 Å². The predicted octanol–water partition coefficient (Wildman–Crippen LogP) is 1.15. The van der Waals surface area contributed by atoms with E-state index in [1.165, 1.54) is 0 Å². The zero-order valence-corrected chi connectivity index (χ0v) is 9.47. The third kappa shape index (κ3) is 3.29. The molecular formula is C11H22N2O. The molecule has 14 heavy (non-hydrogen) atoms. The molecule has 0 aromatic heterocycles. The molecular weight excluding hydrogens is 176 g/mol. The highest BCUT2D eigenvalue weighted by atomic mass is 16.1. The summed E-state index contributed by atoms with van der Waals surface area (Å²) in [7, 11) is 0. The molecule has 82 valence electrons. The molecule has 0 bridgehead atoms. The van der Waals surface area contributed by atoms with Crippen LogP contribution in [0.4, 0.5) is 0 Å². The fraction of sp³-hybridized carbons (Fsp3) is 0.909. The van der Waals surface area contributed by atoms with Gasteiger partial charge in [0, 0.05) is 12.0 Å². The van der Waals surface area contributed by atoms with Gasteiger partial charge in [-0.3, -0.25) is 4.79 Å². The molecule has 3 heteroatoms. The number of hydrogen-bond acceptors (Lipinski definition) is 2. The number of rotatable bonds is 3. The lowest BCUT2D eigenvalue weighted by Crippen LogP contribution is -2.45. The van der Waals surface area contributed by atoms with Crippen molar-refractivity contribution in [2.75, 3.05) is 13.1 Å². The van der Waals surface area contributed by atoms with Gasteiger partial charge in [-0.2, -0.15) is 0 Å². The van der Waals surface area contributed by atoms with Crippen LogP contribution in [-0.4, -0.2) is 25.0 Å². The quantitative estimate of drug-likeness (QED) is 0.714. The van der Waals surface area contributed by atoms with E-state index >= 15 is 0 Å². The molecule has 0 aromatic carbocycles. The van der Waals surface area contributed by atoms with E-state index in [-0.39, 0.29) is 11.8 Å². The minimum atomic E-state index is 0.130. The van der Waals surface area contributed by atoms with Crippen molar-refractivity contribution in [3.05, 3.63) is 0 Å². The maximum atomic E-state index is 11.7. The average molecular weight is 198 g/mol. The lowest BCUT2D eigenvalue weighted by molar-refractivity contribution is -0.126. The number of amides is 1. The summed E-state index contributed by atoms with van der Waals surface area (Å²) in [5.74, 6) is 0.772. The Balaban J connectivity index is 2.31. The highest BCUT2D eigenvalue weighted by Gasteiger charge is 2.20. The molecule has 2 N–H and O–H groups in total. The molecule has 1 heterocycles. The molecule has 0 saturated carbocycles. The molecule has 0 aromatic rings. The van der Waals surface area contributed by atoms with Crippen molar-refractivity contribution in [2.24, 2.45) is 11.8 Å². The maximum Gasteiger partial charge on any atom is 0.223 e. The van der Waals surface area contributed by atoms with E-state index in [1.54, 1.807) is 0 Å². The standard InChI is InChI=1S/C11H22N2O/c1-8(2)9(3)11(14)13-10-4-6-12-7-5-10/h8-10,12H,4-7H2,1-3H3,(H,13,14). The lowest BCUT2D eigenvalue weighted by atomic mass is 9.96. The number of hydrogen-bond donors (Lipinski definition) is 2. The Hall–Kier alpha value is -0.570. The van der Waals surface area contributed by atoms with E-state index in [0.29, 0.717) is 12.0 Å². The molecule has 1 fully saturated rings. The maximum absolute atomic E-state index is 11.7. The fourth-order valence-corrected chi connectivity index (χ4v) is 1.60. The van der Waals surface area contributed by atoms with Crippen LogP contribution in [0, 0.1) is 11.8 Å². The Kier molecular flexibility index (Phi) is 4.39. The summed E-state index contributed by atoms with van der Waals surface area (Å²) in [6.45, 7) is 8.24. The van der Waals surface area contributed by atoms with Crippen LogP contribution in [0.5, 0.6) is 0 Å². The van der Waals surface area contributed by atoms with Crippen molar-refractivity contribution in [1.29, 1.82) is 0 Å². The van der Waals surface area contributed by atoms with Gasteiger partial charge < -0.3 is 10.6 Å². The summed E-state index contributed by atoms with van der Waals surface area (Å²) < 4.78 is 0. The normalized spacial score (nSPS) is 20.9. The predicted molar refractivity (Wildman–Crippen MR) is 58.0 cm³/mol. The Labute approximate surface area is 86.6 Å². The van der Waals surface area contributed by atoms with Gasteiger partial charge in [-0.15, -0.1) is 0 Å². The van der Waals surface area contributed by atoms with Crippen molar-refractivity contribution in [3.63, 3.8) is 0 Å². The van der Waals surface area contributed by atoms with E-state index in [1.807, 2.05) is 6.92 Å². The molecule has 1 aliphatic heterocycles. The van der Waals surface area contributed by atoms with Crippen LogP contribution in [0.25, 0.3) is 0 Å². The van der Waals surface area contributed by atoms with E-state index < -0.39 is 0 Å². The van der Waals surface area contributed by atoms with E-state index in [2.05, 4.69) is 24.5 Å². The van der Waals surface area contributed by atoms with Gasteiger partial charge in [0.15, 0.2) is 0 Å². The smallest absolute Gasteiger partial charge is 0.223 e. The van der Waals surface area contributed by atoms with Crippen molar-refractivity contribution in [2.45, 2.75) is 39.7 Å². The number of nitrogens with one attached hydrogen (secondary N) is 2. The summed E-state index contributed by atoms with van der Waals surface area (Å²) in [6.07, 6.45) is 2.13. The molecule has 3 nitrogen and oxygen atoms in total. The number of carbonyl (C=O) groups is 1. The summed E-state index contributed by atoms with van der Waals surface area (Å²) in [6, 6.07) is 0.393. The summed E-state index contributed by atoms with van der Waals surface area (Å²) in [5.41, 5.74) is 0. The van der Waals surface area contributed by atoms with Crippen LogP contribution in [0.2, 0.25) is 0 Å². The second-order valence-electron chi connectivity index (χ2n) is 4.57. The van der Waals surface area contributed by atoms with Crippen molar-refractivity contribution >= 4 is 5.91 Å². The first kappa shape index (κ1) is 11.5. The monoisotopic (exact) mass is 198 g/mol.